The standard InChI is InChI=1S/C24H28N2O2/c1-27-22-11-10-21(17-23(22)28-2)24(26-14-5-12-25-13-15-26)20-9-8-18-6-3-4-7-19(18)16-20/h3-4,6-11,16-17,24-25H,5,12-15H2,1-2H3. The van der Waals surface area contributed by atoms with Crippen LogP contribution in [-0.4, -0.2) is 45.3 Å². The monoisotopic (exact) mass is 376 g/mol. The summed E-state index contributed by atoms with van der Waals surface area (Å²) in [6.45, 7) is 4.18. The van der Waals surface area contributed by atoms with Crippen LogP contribution in [-0.2, 0) is 0 Å². The minimum absolute atomic E-state index is 0.185. The van der Waals surface area contributed by atoms with E-state index in [2.05, 4.69) is 64.8 Å². The zero-order chi connectivity index (χ0) is 19.3. The van der Waals surface area contributed by atoms with Crippen LogP contribution in [0.5, 0.6) is 11.5 Å². The lowest BCUT2D eigenvalue weighted by Crippen LogP contribution is -2.33. The zero-order valence-electron chi connectivity index (χ0n) is 16.7. The van der Waals surface area contributed by atoms with Crippen LogP contribution in [0.3, 0.4) is 0 Å². The maximum atomic E-state index is 5.59. The first kappa shape index (κ1) is 18.8. The first-order valence-corrected chi connectivity index (χ1v) is 9.95. The summed E-state index contributed by atoms with van der Waals surface area (Å²) in [6.07, 6.45) is 1.15. The molecule has 146 valence electrons. The summed E-state index contributed by atoms with van der Waals surface area (Å²) in [5.41, 5.74) is 2.54. The van der Waals surface area contributed by atoms with Crippen molar-refractivity contribution in [3.8, 4) is 11.5 Å². The zero-order valence-corrected chi connectivity index (χ0v) is 16.7. The molecular weight excluding hydrogens is 348 g/mol. The molecule has 1 aliphatic heterocycles. The number of hydrogen-bond donors (Lipinski definition) is 1. The number of hydrogen-bond acceptors (Lipinski definition) is 4. The Labute approximate surface area is 167 Å². The highest BCUT2D eigenvalue weighted by molar-refractivity contribution is 5.83. The van der Waals surface area contributed by atoms with Crippen LogP contribution >= 0.6 is 0 Å². The van der Waals surface area contributed by atoms with E-state index in [4.69, 9.17) is 9.47 Å². The fourth-order valence-corrected chi connectivity index (χ4v) is 4.14. The SMILES string of the molecule is COc1ccc(C(c2ccc3ccccc3c2)N2CCCNCC2)cc1OC. The molecule has 1 saturated heterocycles. The molecular formula is C24H28N2O2. The number of benzene rings is 3. The summed E-state index contributed by atoms with van der Waals surface area (Å²) < 4.78 is 11.0. The minimum Gasteiger partial charge on any atom is -0.493 e. The van der Waals surface area contributed by atoms with Gasteiger partial charge in [0.15, 0.2) is 11.5 Å². The van der Waals surface area contributed by atoms with Crippen molar-refractivity contribution in [2.24, 2.45) is 0 Å². The molecule has 1 atom stereocenters. The van der Waals surface area contributed by atoms with Gasteiger partial charge in [-0.15, -0.1) is 0 Å². The van der Waals surface area contributed by atoms with Gasteiger partial charge in [0.2, 0.25) is 0 Å². The van der Waals surface area contributed by atoms with E-state index in [1.807, 2.05) is 6.07 Å². The van der Waals surface area contributed by atoms with Gasteiger partial charge in [-0.2, -0.15) is 0 Å². The summed E-state index contributed by atoms with van der Waals surface area (Å²) in [4.78, 5) is 2.57. The molecule has 0 radical (unpaired) electrons. The molecule has 1 fully saturated rings. The molecule has 1 N–H and O–H groups in total. The van der Waals surface area contributed by atoms with Gasteiger partial charge in [-0.3, -0.25) is 4.90 Å². The van der Waals surface area contributed by atoms with Gasteiger partial charge in [0, 0.05) is 19.6 Å². The average molecular weight is 377 g/mol. The van der Waals surface area contributed by atoms with E-state index in [0.717, 1.165) is 44.1 Å². The topological polar surface area (TPSA) is 33.7 Å². The maximum absolute atomic E-state index is 5.59. The highest BCUT2D eigenvalue weighted by Crippen LogP contribution is 2.36. The predicted octanol–water partition coefficient (Wildman–Crippen LogP) is 4.24. The lowest BCUT2D eigenvalue weighted by atomic mass is 9.94. The minimum atomic E-state index is 0.185. The summed E-state index contributed by atoms with van der Waals surface area (Å²) in [7, 11) is 3.38. The van der Waals surface area contributed by atoms with Gasteiger partial charge in [0.25, 0.3) is 0 Å². The molecule has 1 unspecified atom stereocenters. The maximum Gasteiger partial charge on any atom is 0.161 e. The van der Waals surface area contributed by atoms with Crippen LogP contribution in [0.15, 0.2) is 60.7 Å². The van der Waals surface area contributed by atoms with Crippen molar-refractivity contribution in [3.05, 3.63) is 71.8 Å². The first-order chi connectivity index (χ1) is 13.8. The van der Waals surface area contributed by atoms with Crippen molar-refractivity contribution in [1.82, 2.24) is 10.2 Å². The molecule has 3 aromatic rings. The smallest absolute Gasteiger partial charge is 0.161 e. The molecule has 0 amide bonds. The fourth-order valence-electron chi connectivity index (χ4n) is 4.14. The predicted molar refractivity (Wildman–Crippen MR) is 114 cm³/mol. The van der Waals surface area contributed by atoms with Gasteiger partial charge in [-0.1, -0.05) is 42.5 Å². The summed E-state index contributed by atoms with van der Waals surface area (Å²) in [5.74, 6) is 1.54. The Morgan fingerprint density at radius 1 is 0.786 bits per heavy atom. The van der Waals surface area contributed by atoms with E-state index in [1.165, 1.54) is 21.9 Å². The molecule has 28 heavy (non-hydrogen) atoms. The third kappa shape index (κ3) is 3.84. The molecule has 4 heteroatoms. The summed E-state index contributed by atoms with van der Waals surface area (Å²) in [5, 5.41) is 6.07. The lowest BCUT2D eigenvalue weighted by Gasteiger charge is -2.32. The Hall–Kier alpha value is -2.56. The van der Waals surface area contributed by atoms with Gasteiger partial charge >= 0.3 is 0 Å². The molecule has 4 nitrogen and oxygen atoms in total. The van der Waals surface area contributed by atoms with Crippen LogP contribution in [0.4, 0.5) is 0 Å². The highest BCUT2D eigenvalue weighted by Gasteiger charge is 2.24. The molecule has 0 aliphatic carbocycles. The van der Waals surface area contributed by atoms with E-state index in [0.29, 0.717) is 0 Å². The number of fused-ring (bicyclic) bond motifs is 1. The molecule has 4 rings (SSSR count). The Kier molecular flexibility index (Phi) is 5.79. The van der Waals surface area contributed by atoms with E-state index in [1.54, 1.807) is 14.2 Å². The van der Waals surface area contributed by atoms with Crippen molar-refractivity contribution >= 4 is 10.8 Å². The molecule has 0 bridgehead atoms. The third-order valence-corrected chi connectivity index (χ3v) is 5.55. The second-order valence-corrected chi connectivity index (χ2v) is 7.26. The van der Waals surface area contributed by atoms with Crippen LogP contribution in [0.1, 0.15) is 23.6 Å². The van der Waals surface area contributed by atoms with E-state index >= 15 is 0 Å². The van der Waals surface area contributed by atoms with Gasteiger partial charge < -0.3 is 14.8 Å². The van der Waals surface area contributed by atoms with Crippen molar-refractivity contribution in [2.45, 2.75) is 12.5 Å². The molecule has 0 spiro atoms. The van der Waals surface area contributed by atoms with Gasteiger partial charge in [-0.25, -0.2) is 0 Å². The number of ether oxygens (including phenoxy) is 2. The summed E-state index contributed by atoms with van der Waals surface area (Å²) in [6, 6.07) is 21.9. The molecule has 1 heterocycles. The van der Waals surface area contributed by atoms with E-state index in [-0.39, 0.29) is 6.04 Å². The molecule has 1 aliphatic rings. The van der Waals surface area contributed by atoms with Crippen molar-refractivity contribution < 1.29 is 9.47 Å². The van der Waals surface area contributed by atoms with Crippen LogP contribution < -0.4 is 14.8 Å². The number of nitrogens with zero attached hydrogens (tertiary/aromatic N) is 1. The van der Waals surface area contributed by atoms with E-state index < -0.39 is 0 Å². The third-order valence-electron chi connectivity index (χ3n) is 5.55. The summed E-state index contributed by atoms with van der Waals surface area (Å²) >= 11 is 0. The second kappa shape index (κ2) is 8.63. The highest BCUT2D eigenvalue weighted by atomic mass is 16.5. The number of methoxy groups -OCH3 is 2. The fraction of sp³-hybridized carbons (Fsp3) is 0.333. The largest absolute Gasteiger partial charge is 0.493 e. The van der Waals surface area contributed by atoms with E-state index in [9.17, 15) is 0 Å². The second-order valence-electron chi connectivity index (χ2n) is 7.26. The van der Waals surface area contributed by atoms with Gasteiger partial charge in [0.05, 0.1) is 20.3 Å². The average Bonchev–Trinajstić information content (AvgIpc) is 3.03. The van der Waals surface area contributed by atoms with Crippen LogP contribution in [0.25, 0.3) is 10.8 Å². The molecule has 0 saturated carbocycles. The van der Waals surface area contributed by atoms with Crippen LogP contribution in [0.2, 0.25) is 0 Å². The van der Waals surface area contributed by atoms with Crippen molar-refractivity contribution in [2.75, 3.05) is 40.4 Å². The Bertz CT molecular complexity index is 933. The molecule has 3 aromatic carbocycles. The van der Waals surface area contributed by atoms with Gasteiger partial charge in [0.1, 0.15) is 0 Å². The normalized spacial score (nSPS) is 16.5. The Balaban J connectivity index is 1.81. The Morgan fingerprint density at radius 2 is 1.54 bits per heavy atom. The number of nitrogens with one attached hydrogen (secondary N) is 1. The van der Waals surface area contributed by atoms with Crippen LogP contribution in [0, 0.1) is 0 Å². The lowest BCUT2D eigenvalue weighted by molar-refractivity contribution is 0.240. The quantitative estimate of drug-likeness (QED) is 0.722. The Morgan fingerprint density at radius 3 is 2.36 bits per heavy atom. The van der Waals surface area contributed by atoms with Gasteiger partial charge in [-0.05, 0) is 53.1 Å². The van der Waals surface area contributed by atoms with Crippen molar-refractivity contribution in [3.63, 3.8) is 0 Å². The number of rotatable bonds is 5. The van der Waals surface area contributed by atoms with Crippen molar-refractivity contribution in [1.29, 1.82) is 0 Å². The first-order valence-electron chi connectivity index (χ1n) is 9.95. The molecule has 0 aromatic heterocycles.